The first-order valence-electron chi connectivity index (χ1n) is 9.19. The Kier molecular flexibility index (Phi) is 4.62. The zero-order valence-electron chi connectivity index (χ0n) is 15.3. The second-order valence-electron chi connectivity index (χ2n) is 6.98. The number of likely N-dealkylation sites (tertiary alicyclic amines) is 1. The van der Waals surface area contributed by atoms with Crippen molar-refractivity contribution < 1.29 is 9.59 Å². The van der Waals surface area contributed by atoms with E-state index in [-0.39, 0.29) is 17.7 Å². The highest BCUT2D eigenvalue weighted by Gasteiger charge is 2.29. The summed E-state index contributed by atoms with van der Waals surface area (Å²) in [5.41, 5.74) is 0.693. The Morgan fingerprint density at radius 2 is 1.93 bits per heavy atom. The minimum Gasteiger partial charge on any atom is -0.338 e. The number of carbonyl (C=O) groups excluding carboxylic acids is 2. The van der Waals surface area contributed by atoms with Crippen molar-refractivity contribution in [3.8, 4) is 0 Å². The number of hydrogen-bond acceptors (Lipinski definition) is 3. The Bertz CT molecular complexity index is 989. The summed E-state index contributed by atoms with van der Waals surface area (Å²) in [5, 5.41) is 9.03. The normalized spacial score (nSPS) is 17.1. The van der Waals surface area contributed by atoms with Gasteiger partial charge in [-0.3, -0.25) is 14.3 Å². The molecule has 0 saturated carbocycles. The van der Waals surface area contributed by atoms with Gasteiger partial charge in [-0.2, -0.15) is 5.10 Å². The van der Waals surface area contributed by atoms with Gasteiger partial charge in [0, 0.05) is 38.0 Å². The van der Waals surface area contributed by atoms with E-state index in [0.717, 1.165) is 23.6 Å². The van der Waals surface area contributed by atoms with E-state index in [9.17, 15) is 9.59 Å². The molecule has 1 atom stereocenters. The van der Waals surface area contributed by atoms with Crippen molar-refractivity contribution in [2.24, 2.45) is 13.0 Å². The van der Waals surface area contributed by atoms with Crippen LogP contribution in [0.5, 0.6) is 0 Å². The average molecular weight is 362 g/mol. The summed E-state index contributed by atoms with van der Waals surface area (Å²) in [7, 11) is 1.81. The van der Waals surface area contributed by atoms with Crippen LogP contribution in [0.25, 0.3) is 10.8 Å². The van der Waals surface area contributed by atoms with Crippen molar-refractivity contribution in [3.05, 3.63) is 60.3 Å². The minimum absolute atomic E-state index is 0.0119. The van der Waals surface area contributed by atoms with Gasteiger partial charge in [0.15, 0.2) is 5.82 Å². The minimum atomic E-state index is -0.223. The van der Waals surface area contributed by atoms with Crippen molar-refractivity contribution in [2.45, 2.75) is 12.8 Å². The topological polar surface area (TPSA) is 67.2 Å². The van der Waals surface area contributed by atoms with Gasteiger partial charge < -0.3 is 10.2 Å². The third kappa shape index (κ3) is 3.56. The number of carbonyl (C=O) groups is 2. The van der Waals surface area contributed by atoms with Crippen molar-refractivity contribution >= 4 is 28.4 Å². The lowest BCUT2D eigenvalue weighted by molar-refractivity contribution is -0.121. The first-order chi connectivity index (χ1) is 13.1. The van der Waals surface area contributed by atoms with E-state index in [1.807, 2.05) is 42.5 Å². The highest BCUT2D eigenvalue weighted by Crippen LogP contribution is 2.24. The fourth-order valence-electron chi connectivity index (χ4n) is 3.67. The lowest BCUT2D eigenvalue weighted by atomic mass is 9.95. The Balaban J connectivity index is 1.50. The Morgan fingerprint density at radius 1 is 1.11 bits per heavy atom. The Labute approximate surface area is 157 Å². The highest BCUT2D eigenvalue weighted by atomic mass is 16.2. The molecular weight excluding hydrogens is 340 g/mol. The maximum Gasteiger partial charge on any atom is 0.254 e. The summed E-state index contributed by atoms with van der Waals surface area (Å²) >= 11 is 0. The second kappa shape index (κ2) is 7.23. The summed E-state index contributed by atoms with van der Waals surface area (Å²) < 4.78 is 1.65. The van der Waals surface area contributed by atoms with Crippen LogP contribution < -0.4 is 5.32 Å². The second-order valence-corrected chi connectivity index (χ2v) is 6.98. The lowest BCUT2D eigenvalue weighted by Crippen LogP contribution is -2.43. The van der Waals surface area contributed by atoms with E-state index in [2.05, 4.69) is 10.4 Å². The van der Waals surface area contributed by atoms with Gasteiger partial charge in [-0.15, -0.1) is 0 Å². The molecule has 0 radical (unpaired) electrons. The fourth-order valence-corrected chi connectivity index (χ4v) is 3.67. The van der Waals surface area contributed by atoms with Gasteiger partial charge in [0.05, 0.1) is 5.92 Å². The van der Waals surface area contributed by atoms with Gasteiger partial charge in [-0.05, 0) is 29.7 Å². The van der Waals surface area contributed by atoms with Crippen LogP contribution >= 0.6 is 0 Å². The lowest BCUT2D eigenvalue weighted by Gasteiger charge is -2.32. The number of aryl methyl sites for hydroxylation is 1. The van der Waals surface area contributed by atoms with Crippen molar-refractivity contribution in [1.29, 1.82) is 0 Å². The van der Waals surface area contributed by atoms with Gasteiger partial charge in [-0.1, -0.05) is 36.4 Å². The molecule has 27 heavy (non-hydrogen) atoms. The van der Waals surface area contributed by atoms with Gasteiger partial charge in [0.2, 0.25) is 5.91 Å². The summed E-state index contributed by atoms with van der Waals surface area (Å²) in [5.74, 6) is 0.228. The van der Waals surface area contributed by atoms with Crippen LogP contribution in [0.2, 0.25) is 0 Å². The number of nitrogens with zero attached hydrogens (tertiary/aromatic N) is 3. The van der Waals surface area contributed by atoms with Crippen LogP contribution in [0.4, 0.5) is 5.82 Å². The zero-order chi connectivity index (χ0) is 18.8. The number of rotatable bonds is 3. The summed E-state index contributed by atoms with van der Waals surface area (Å²) in [6, 6.07) is 15.4. The summed E-state index contributed by atoms with van der Waals surface area (Å²) in [6.07, 6.45) is 3.38. The number of amides is 2. The molecule has 1 N–H and O–H groups in total. The van der Waals surface area contributed by atoms with Crippen molar-refractivity contribution in [3.63, 3.8) is 0 Å². The number of anilines is 1. The molecule has 0 spiro atoms. The molecule has 2 aromatic carbocycles. The molecule has 1 aliphatic heterocycles. The number of benzene rings is 2. The largest absolute Gasteiger partial charge is 0.338 e. The molecular formula is C21H22N4O2. The molecule has 1 aliphatic rings. The zero-order valence-corrected chi connectivity index (χ0v) is 15.3. The van der Waals surface area contributed by atoms with Crippen LogP contribution in [0, 0.1) is 5.92 Å². The first kappa shape index (κ1) is 17.3. The van der Waals surface area contributed by atoms with Crippen molar-refractivity contribution in [1.82, 2.24) is 14.7 Å². The quantitative estimate of drug-likeness (QED) is 0.779. The van der Waals surface area contributed by atoms with Gasteiger partial charge in [0.25, 0.3) is 5.91 Å². The van der Waals surface area contributed by atoms with Crippen LogP contribution in [-0.2, 0) is 11.8 Å². The molecule has 6 heteroatoms. The van der Waals surface area contributed by atoms with E-state index >= 15 is 0 Å². The van der Waals surface area contributed by atoms with Crippen LogP contribution in [0.1, 0.15) is 23.2 Å². The maximum atomic E-state index is 13.1. The predicted octanol–water partition coefficient (Wildman–Crippen LogP) is 3.06. The van der Waals surface area contributed by atoms with Gasteiger partial charge in [0.1, 0.15) is 0 Å². The van der Waals surface area contributed by atoms with E-state index in [1.165, 1.54) is 0 Å². The molecule has 138 valence electrons. The molecule has 1 saturated heterocycles. The maximum absolute atomic E-state index is 13.1. The smallest absolute Gasteiger partial charge is 0.254 e. The third-order valence-electron chi connectivity index (χ3n) is 5.06. The highest BCUT2D eigenvalue weighted by molar-refractivity contribution is 6.07. The molecule has 0 bridgehead atoms. The van der Waals surface area contributed by atoms with Crippen LogP contribution in [0.15, 0.2) is 54.7 Å². The molecule has 2 amide bonds. The predicted molar refractivity (Wildman–Crippen MR) is 104 cm³/mol. The fraction of sp³-hybridized carbons (Fsp3) is 0.286. The molecule has 6 nitrogen and oxygen atoms in total. The summed E-state index contributed by atoms with van der Waals surface area (Å²) in [6.45, 7) is 1.11. The number of hydrogen-bond donors (Lipinski definition) is 1. The third-order valence-corrected chi connectivity index (χ3v) is 5.06. The number of fused-ring (bicyclic) bond motifs is 1. The molecule has 3 aromatic rings. The van der Waals surface area contributed by atoms with Gasteiger partial charge in [-0.25, -0.2) is 0 Å². The van der Waals surface area contributed by atoms with Crippen LogP contribution in [0.3, 0.4) is 0 Å². The molecule has 4 rings (SSSR count). The van der Waals surface area contributed by atoms with E-state index in [4.69, 9.17) is 0 Å². The van der Waals surface area contributed by atoms with Gasteiger partial charge >= 0.3 is 0 Å². The molecule has 0 unspecified atom stereocenters. The Morgan fingerprint density at radius 3 is 2.74 bits per heavy atom. The number of nitrogens with one attached hydrogen (secondary N) is 1. The molecule has 0 aliphatic carbocycles. The first-order valence-corrected chi connectivity index (χ1v) is 9.19. The molecule has 2 heterocycles. The molecule has 1 fully saturated rings. The van der Waals surface area contributed by atoms with E-state index in [1.54, 1.807) is 28.9 Å². The summed E-state index contributed by atoms with van der Waals surface area (Å²) in [4.78, 5) is 27.5. The monoisotopic (exact) mass is 362 g/mol. The SMILES string of the molecule is Cn1ccc(NC(=O)[C@@H]2CCCN(C(=O)c3cccc4ccccc34)C2)n1. The number of piperidine rings is 1. The number of aromatic nitrogens is 2. The van der Waals surface area contributed by atoms with E-state index in [0.29, 0.717) is 24.5 Å². The molecule has 1 aromatic heterocycles. The van der Waals surface area contributed by atoms with Crippen LogP contribution in [-0.4, -0.2) is 39.6 Å². The van der Waals surface area contributed by atoms with E-state index < -0.39 is 0 Å². The average Bonchev–Trinajstić information content (AvgIpc) is 3.11. The standard InChI is InChI=1S/C21H22N4O2/c1-24-13-11-19(23-24)22-20(26)16-8-5-12-25(14-16)21(27)18-10-4-7-15-6-2-3-9-17(15)18/h2-4,6-7,9-11,13,16H,5,8,12,14H2,1H3,(H,22,23,26)/t16-/m1/s1. The Hall–Kier alpha value is -3.15. The van der Waals surface area contributed by atoms with Crippen molar-refractivity contribution in [2.75, 3.05) is 18.4 Å².